The number of amides is 1. The van der Waals surface area contributed by atoms with Crippen LogP contribution in [0.3, 0.4) is 0 Å². The fourth-order valence-electron chi connectivity index (χ4n) is 2.14. The highest BCUT2D eigenvalue weighted by molar-refractivity contribution is 7.09. The first-order valence-corrected chi connectivity index (χ1v) is 7.90. The Kier molecular flexibility index (Phi) is 14.4. The molecule has 0 spiro atoms. The Bertz CT molecular complexity index is 441. The van der Waals surface area contributed by atoms with Gasteiger partial charge in [-0.05, 0) is 13.6 Å². The number of thiazole rings is 1. The molecule has 1 fully saturated rings. The summed E-state index contributed by atoms with van der Waals surface area (Å²) in [7, 11) is 2.14. The largest absolute Gasteiger partial charge is 0.349 e. The minimum atomic E-state index is -0.0846. The Labute approximate surface area is 160 Å². The molecular formula is C13H26Cl3N5OS. The third kappa shape index (κ3) is 8.49. The van der Waals surface area contributed by atoms with Crippen molar-refractivity contribution in [1.29, 1.82) is 0 Å². The smallest absolute Gasteiger partial charge is 0.270 e. The molecular weight excluding hydrogens is 381 g/mol. The predicted molar refractivity (Wildman–Crippen MR) is 103 cm³/mol. The summed E-state index contributed by atoms with van der Waals surface area (Å²) >= 11 is 1.50. The van der Waals surface area contributed by atoms with Crippen molar-refractivity contribution in [2.24, 2.45) is 5.73 Å². The summed E-state index contributed by atoms with van der Waals surface area (Å²) in [6, 6.07) is 0. The summed E-state index contributed by atoms with van der Waals surface area (Å²) in [5.74, 6) is -0.0846. The number of hydrogen-bond acceptors (Lipinski definition) is 6. The third-order valence-electron chi connectivity index (χ3n) is 3.45. The van der Waals surface area contributed by atoms with E-state index in [0.29, 0.717) is 18.8 Å². The van der Waals surface area contributed by atoms with Crippen molar-refractivity contribution in [3.8, 4) is 0 Å². The number of nitrogens with two attached hydrogens (primary N) is 1. The highest BCUT2D eigenvalue weighted by Crippen LogP contribution is 2.09. The minimum Gasteiger partial charge on any atom is -0.349 e. The van der Waals surface area contributed by atoms with Gasteiger partial charge in [-0.2, -0.15) is 0 Å². The number of carbonyl (C=O) groups is 1. The lowest BCUT2D eigenvalue weighted by Crippen LogP contribution is -2.46. The molecule has 0 saturated carbocycles. The molecule has 23 heavy (non-hydrogen) atoms. The standard InChI is InChI=1S/C13H23N5OS.3ClH/c1-17-6-8-18(9-7-17)5-4-15-13(19)11-10-20-12(16-11)2-3-14;;;/h10H,2-9,14H2,1H3,(H,15,19);3*1H. The number of piperazine rings is 1. The van der Waals surface area contributed by atoms with Gasteiger partial charge in [0, 0.05) is 51.1 Å². The van der Waals surface area contributed by atoms with Gasteiger partial charge < -0.3 is 16.0 Å². The van der Waals surface area contributed by atoms with E-state index >= 15 is 0 Å². The van der Waals surface area contributed by atoms with Crippen molar-refractivity contribution in [2.45, 2.75) is 6.42 Å². The van der Waals surface area contributed by atoms with E-state index in [-0.39, 0.29) is 43.1 Å². The maximum atomic E-state index is 11.9. The van der Waals surface area contributed by atoms with Crippen LogP contribution in [-0.2, 0) is 6.42 Å². The molecule has 1 saturated heterocycles. The van der Waals surface area contributed by atoms with Crippen LogP contribution in [0.1, 0.15) is 15.5 Å². The molecule has 1 aliphatic rings. The van der Waals surface area contributed by atoms with Crippen LogP contribution in [0.5, 0.6) is 0 Å². The molecule has 0 aliphatic carbocycles. The second-order valence-electron chi connectivity index (χ2n) is 5.07. The summed E-state index contributed by atoms with van der Waals surface area (Å²) in [4.78, 5) is 20.9. The van der Waals surface area contributed by atoms with Gasteiger partial charge in [0.15, 0.2) is 0 Å². The van der Waals surface area contributed by atoms with E-state index in [1.807, 2.05) is 0 Å². The van der Waals surface area contributed by atoms with E-state index in [4.69, 9.17) is 5.73 Å². The summed E-state index contributed by atoms with van der Waals surface area (Å²) in [5.41, 5.74) is 5.99. The van der Waals surface area contributed by atoms with Gasteiger partial charge in [-0.25, -0.2) is 4.98 Å². The van der Waals surface area contributed by atoms with Crippen molar-refractivity contribution >= 4 is 54.5 Å². The quantitative estimate of drug-likeness (QED) is 0.734. The highest BCUT2D eigenvalue weighted by atomic mass is 35.5. The van der Waals surface area contributed by atoms with Gasteiger partial charge in [0.2, 0.25) is 0 Å². The maximum absolute atomic E-state index is 11.9. The van der Waals surface area contributed by atoms with Crippen LogP contribution in [0.15, 0.2) is 5.38 Å². The lowest BCUT2D eigenvalue weighted by Gasteiger charge is -2.32. The number of nitrogens with zero attached hydrogens (tertiary/aromatic N) is 3. The number of hydrogen-bond donors (Lipinski definition) is 2. The first kappa shape index (κ1) is 25.1. The molecule has 1 aromatic rings. The highest BCUT2D eigenvalue weighted by Gasteiger charge is 2.14. The molecule has 3 N–H and O–H groups in total. The van der Waals surface area contributed by atoms with Crippen molar-refractivity contribution in [3.05, 3.63) is 16.1 Å². The van der Waals surface area contributed by atoms with Gasteiger partial charge in [0.05, 0.1) is 5.01 Å². The zero-order valence-corrected chi connectivity index (χ0v) is 16.5. The average Bonchev–Trinajstić information content (AvgIpc) is 2.90. The second kappa shape index (κ2) is 13.2. The summed E-state index contributed by atoms with van der Waals surface area (Å²) < 4.78 is 0. The number of halogens is 3. The molecule has 0 atom stereocenters. The van der Waals surface area contributed by atoms with Crippen LogP contribution in [0.2, 0.25) is 0 Å². The topological polar surface area (TPSA) is 74.5 Å². The van der Waals surface area contributed by atoms with E-state index < -0.39 is 0 Å². The van der Waals surface area contributed by atoms with Crippen LogP contribution in [0.25, 0.3) is 0 Å². The lowest BCUT2D eigenvalue weighted by molar-refractivity contribution is 0.0936. The number of carbonyl (C=O) groups excluding carboxylic acids is 1. The second-order valence-corrected chi connectivity index (χ2v) is 6.01. The number of likely N-dealkylation sites (N-methyl/N-ethyl adjacent to an activating group) is 1. The van der Waals surface area contributed by atoms with Gasteiger partial charge in [-0.3, -0.25) is 9.69 Å². The van der Waals surface area contributed by atoms with Crippen molar-refractivity contribution in [2.75, 3.05) is 52.9 Å². The first-order chi connectivity index (χ1) is 9.69. The fraction of sp³-hybridized carbons (Fsp3) is 0.692. The molecule has 2 rings (SSSR count). The van der Waals surface area contributed by atoms with E-state index in [0.717, 1.165) is 44.2 Å². The molecule has 2 heterocycles. The maximum Gasteiger partial charge on any atom is 0.270 e. The molecule has 1 amide bonds. The van der Waals surface area contributed by atoms with E-state index in [1.54, 1.807) is 5.38 Å². The average molecular weight is 407 g/mol. The van der Waals surface area contributed by atoms with Crippen molar-refractivity contribution in [3.63, 3.8) is 0 Å². The van der Waals surface area contributed by atoms with Gasteiger partial charge in [0.1, 0.15) is 5.69 Å². The molecule has 1 aromatic heterocycles. The molecule has 0 radical (unpaired) electrons. The van der Waals surface area contributed by atoms with Gasteiger partial charge in [-0.15, -0.1) is 48.6 Å². The first-order valence-electron chi connectivity index (χ1n) is 7.02. The van der Waals surface area contributed by atoms with Gasteiger partial charge in [0.25, 0.3) is 5.91 Å². The van der Waals surface area contributed by atoms with Crippen LogP contribution in [0, 0.1) is 0 Å². The summed E-state index contributed by atoms with van der Waals surface area (Å²) in [5, 5.41) is 5.66. The van der Waals surface area contributed by atoms with Gasteiger partial charge >= 0.3 is 0 Å². The van der Waals surface area contributed by atoms with Crippen LogP contribution >= 0.6 is 48.6 Å². The molecule has 10 heteroatoms. The van der Waals surface area contributed by atoms with Gasteiger partial charge in [-0.1, -0.05) is 0 Å². The summed E-state index contributed by atoms with van der Waals surface area (Å²) in [6.07, 6.45) is 0.735. The molecule has 6 nitrogen and oxygen atoms in total. The zero-order chi connectivity index (χ0) is 14.4. The van der Waals surface area contributed by atoms with Crippen LogP contribution in [0.4, 0.5) is 0 Å². The molecule has 0 bridgehead atoms. The number of rotatable bonds is 6. The normalized spacial score (nSPS) is 15.0. The lowest BCUT2D eigenvalue weighted by atomic mass is 10.3. The van der Waals surface area contributed by atoms with E-state index in [2.05, 4.69) is 27.1 Å². The Morgan fingerprint density at radius 2 is 1.96 bits per heavy atom. The van der Waals surface area contributed by atoms with Crippen molar-refractivity contribution in [1.82, 2.24) is 20.1 Å². The minimum absolute atomic E-state index is 0. The fourth-order valence-corrected chi connectivity index (χ4v) is 2.94. The predicted octanol–water partition coefficient (Wildman–Crippen LogP) is 0.887. The van der Waals surface area contributed by atoms with Crippen LogP contribution in [-0.4, -0.2) is 73.6 Å². The Hall–Kier alpha value is -0.150. The van der Waals surface area contributed by atoms with Crippen LogP contribution < -0.4 is 11.1 Å². The number of aromatic nitrogens is 1. The monoisotopic (exact) mass is 405 g/mol. The Balaban J connectivity index is 0. The Morgan fingerprint density at radius 1 is 1.30 bits per heavy atom. The van der Waals surface area contributed by atoms with E-state index in [1.165, 1.54) is 11.3 Å². The van der Waals surface area contributed by atoms with E-state index in [9.17, 15) is 4.79 Å². The zero-order valence-electron chi connectivity index (χ0n) is 13.2. The molecule has 0 unspecified atom stereocenters. The summed E-state index contributed by atoms with van der Waals surface area (Å²) in [6.45, 7) is 6.49. The molecule has 136 valence electrons. The van der Waals surface area contributed by atoms with Crippen molar-refractivity contribution < 1.29 is 4.79 Å². The SMILES string of the molecule is CN1CCN(CCNC(=O)c2csc(CCN)n2)CC1.Cl.Cl.Cl. The molecule has 1 aliphatic heterocycles. The molecule has 0 aromatic carbocycles. The number of nitrogens with one attached hydrogen (secondary N) is 1. The Morgan fingerprint density at radius 3 is 2.57 bits per heavy atom. The third-order valence-corrected chi connectivity index (χ3v) is 4.36.